The summed E-state index contributed by atoms with van der Waals surface area (Å²) in [5, 5.41) is 16.7. The first kappa shape index (κ1) is 10.9. The van der Waals surface area contributed by atoms with Crippen LogP contribution in [0, 0.1) is 0 Å². The first-order valence-corrected chi connectivity index (χ1v) is 3.53. The lowest BCUT2D eigenvalue weighted by atomic mass is 10.3. The van der Waals surface area contributed by atoms with Gasteiger partial charge in [-0.2, -0.15) is 0 Å². The molecule has 0 spiro atoms. The highest BCUT2D eigenvalue weighted by Crippen LogP contribution is 2.02. The summed E-state index contributed by atoms with van der Waals surface area (Å²) in [7, 11) is 0. The molecule has 0 aliphatic rings. The quantitative estimate of drug-likeness (QED) is 0.631. The van der Waals surface area contributed by atoms with Gasteiger partial charge in [-0.1, -0.05) is 0 Å². The standard InChI is InChI=1S/C7H12O5/c1-4(3-6(8)9)12-5(2)7(10)11/h4-5H,3H2,1-2H3,(H,8,9)(H,10,11). The van der Waals surface area contributed by atoms with Gasteiger partial charge in [0.2, 0.25) is 0 Å². The molecule has 0 amide bonds. The maximum atomic E-state index is 10.2. The molecule has 0 saturated heterocycles. The molecule has 0 aliphatic carbocycles. The fourth-order valence-corrected chi connectivity index (χ4v) is 0.701. The molecule has 70 valence electrons. The molecule has 0 aromatic heterocycles. The Morgan fingerprint density at radius 3 is 2.17 bits per heavy atom. The molecule has 12 heavy (non-hydrogen) atoms. The smallest absolute Gasteiger partial charge is 0.332 e. The maximum absolute atomic E-state index is 10.2. The van der Waals surface area contributed by atoms with Gasteiger partial charge in [-0.25, -0.2) is 4.79 Å². The molecule has 5 heteroatoms. The monoisotopic (exact) mass is 176 g/mol. The van der Waals surface area contributed by atoms with Gasteiger partial charge in [-0.3, -0.25) is 4.79 Å². The molecule has 0 aliphatic heterocycles. The molecule has 0 aromatic rings. The van der Waals surface area contributed by atoms with Gasteiger partial charge in [0.15, 0.2) is 6.10 Å². The average molecular weight is 176 g/mol. The van der Waals surface area contributed by atoms with E-state index >= 15 is 0 Å². The van der Waals surface area contributed by atoms with E-state index in [-0.39, 0.29) is 6.42 Å². The van der Waals surface area contributed by atoms with Gasteiger partial charge >= 0.3 is 11.9 Å². The third-order valence-electron chi connectivity index (χ3n) is 1.25. The molecule has 0 rings (SSSR count). The van der Waals surface area contributed by atoms with E-state index in [1.165, 1.54) is 13.8 Å². The van der Waals surface area contributed by atoms with Crippen LogP contribution in [0.25, 0.3) is 0 Å². The first-order valence-electron chi connectivity index (χ1n) is 3.53. The van der Waals surface area contributed by atoms with Gasteiger partial charge in [-0.15, -0.1) is 0 Å². The van der Waals surface area contributed by atoms with Gasteiger partial charge < -0.3 is 14.9 Å². The summed E-state index contributed by atoms with van der Waals surface area (Å²) in [6.45, 7) is 2.88. The topological polar surface area (TPSA) is 83.8 Å². The highest BCUT2D eigenvalue weighted by atomic mass is 16.5. The first-order chi connectivity index (χ1) is 5.43. The molecular formula is C7H12O5. The normalized spacial score (nSPS) is 15.2. The number of rotatable bonds is 5. The summed E-state index contributed by atoms with van der Waals surface area (Å²) in [6, 6.07) is 0. The summed E-state index contributed by atoms with van der Waals surface area (Å²) in [4.78, 5) is 20.4. The number of aliphatic carboxylic acids is 2. The van der Waals surface area contributed by atoms with Crippen molar-refractivity contribution in [3.05, 3.63) is 0 Å². The zero-order valence-electron chi connectivity index (χ0n) is 6.98. The van der Waals surface area contributed by atoms with E-state index in [4.69, 9.17) is 14.9 Å². The van der Waals surface area contributed by atoms with Crippen LogP contribution >= 0.6 is 0 Å². The molecular weight excluding hydrogens is 164 g/mol. The molecule has 5 nitrogen and oxygen atoms in total. The number of carbonyl (C=O) groups is 2. The van der Waals surface area contributed by atoms with Crippen molar-refractivity contribution in [1.29, 1.82) is 0 Å². The lowest BCUT2D eigenvalue weighted by Crippen LogP contribution is -2.26. The molecule has 0 heterocycles. The highest BCUT2D eigenvalue weighted by Gasteiger charge is 2.16. The Morgan fingerprint density at radius 2 is 1.83 bits per heavy atom. The highest BCUT2D eigenvalue weighted by molar-refractivity contribution is 5.72. The third-order valence-corrected chi connectivity index (χ3v) is 1.25. The summed E-state index contributed by atoms with van der Waals surface area (Å²) in [5.74, 6) is -2.09. The van der Waals surface area contributed by atoms with Crippen LogP contribution in [0.1, 0.15) is 20.3 Å². The zero-order chi connectivity index (χ0) is 9.72. The van der Waals surface area contributed by atoms with Crippen molar-refractivity contribution in [1.82, 2.24) is 0 Å². The summed E-state index contributed by atoms with van der Waals surface area (Å²) in [6.07, 6.45) is -1.72. The van der Waals surface area contributed by atoms with E-state index in [0.717, 1.165) is 0 Å². The summed E-state index contributed by atoms with van der Waals surface area (Å²) < 4.78 is 4.84. The van der Waals surface area contributed by atoms with Crippen molar-refractivity contribution in [3.63, 3.8) is 0 Å². The average Bonchev–Trinajstić information content (AvgIpc) is 1.84. The number of carboxylic acid groups (broad SMARTS) is 2. The number of hydrogen-bond donors (Lipinski definition) is 2. The van der Waals surface area contributed by atoms with E-state index in [9.17, 15) is 9.59 Å². The molecule has 2 atom stereocenters. The number of carboxylic acids is 2. The molecule has 2 N–H and O–H groups in total. The molecule has 0 saturated carbocycles. The Balaban J connectivity index is 3.76. The van der Waals surface area contributed by atoms with E-state index in [0.29, 0.717) is 0 Å². The van der Waals surface area contributed by atoms with Crippen molar-refractivity contribution in [2.24, 2.45) is 0 Å². The van der Waals surface area contributed by atoms with Crippen LogP contribution in [0.5, 0.6) is 0 Å². The Labute approximate surface area is 70.0 Å². The Kier molecular flexibility index (Phi) is 4.28. The van der Waals surface area contributed by atoms with Gasteiger partial charge in [0.25, 0.3) is 0 Å². The molecule has 2 unspecified atom stereocenters. The second-order valence-electron chi connectivity index (χ2n) is 2.53. The van der Waals surface area contributed by atoms with Crippen LogP contribution in [-0.4, -0.2) is 34.4 Å². The van der Waals surface area contributed by atoms with Crippen LogP contribution in [-0.2, 0) is 14.3 Å². The van der Waals surface area contributed by atoms with E-state index in [1.807, 2.05) is 0 Å². The van der Waals surface area contributed by atoms with Crippen molar-refractivity contribution in [3.8, 4) is 0 Å². The number of hydrogen-bond acceptors (Lipinski definition) is 3. The van der Waals surface area contributed by atoms with Crippen LogP contribution in [0.3, 0.4) is 0 Å². The molecule has 0 aromatic carbocycles. The SMILES string of the molecule is CC(CC(=O)O)OC(C)C(=O)O. The minimum atomic E-state index is -1.09. The van der Waals surface area contributed by atoms with Crippen LogP contribution in [0.2, 0.25) is 0 Å². The minimum Gasteiger partial charge on any atom is -0.481 e. The zero-order valence-corrected chi connectivity index (χ0v) is 6.98. The van der Waals surface area contributed by atoms with Crippen LogP contribution in [0.15, 0.2) is 0 Å². The Hall–Kier alpha value is -1.10. The fraction of sp³-hybridized carbons (Fsp3) is 0.714. The van der Waals surface area contributed by atoms with Gasteiger partial charge in [0.05, 0.1) is 12.5 Å². The lowest BCUT2D eigenvalue weighted by molar-refractivity contribution is -0.155. The predicted molar refractivity (Wildman–Crippen MR) is 39.9 cm³/mol. The predicted octanol–water partition coefficient (Wildman–Crippen LogP) is 0.339. The van der Waals surface area contributed by atoms with Crippen LogP contribution in [0.4, 0.5) is 0 Å². The van der Waals surface area contributed by atoms with Gasteiger partial charge in [-0.05, 0) is 13.8 Å². The summed E-state index contributed by atoms with van der Waals surface area (Å²) >= 11 is 0. The van der Waals surface area contributed by atoms with Gasteiger partial charge in [0.1, 0.15) is 0 Å². The third kappa shape index (κ3) is 4.68. The van der Waals surface area contributed by atoms with Crippen molar-refractivity contribution in [2.45, 2.75) is 32.5 Å². The maximum Gasteiger partial charge on any atom is 0.332 e. The molecule has 0 radical (unpaired) electrons. The summed E-state index contributed by atoms with van der Waals surface area (Å²) in [5.41, 5.74) is 0. The van der Waals surface area contributed by atoms with Crippen LogP contribution < -0.4 is 0 Å². The second kappa shape index (κ2) is 4.71. The molecule has 0 fully saturated rings. The Bertz CT molecular complexity index is 177. The largest absolute Gasteiger partial charge is 0.481 e. The van der Waals surface area contributed by atoms with E-state index in [2.05, 4.69) is 0 Å². The van der Waals surface area contributed by atoms with Crippen molar-refractivity contribution >= 4 is 11.9 Å². The van der Waals surface area contributed by atoms with Crippen molar-refractivity contribution < 1.29 is 24.5 Å². The lowest BCUT2D eigenvalue weighted by Gasteiger charge is -2.13. The second-order valence-corrected chi connectivity index (χ2v) is 2.53. The molecule has 0 bridgehead atoms. The van der Waals surface area contributed by atoms with Gasteiger partial charge in [0, 0.05) is 0 Å². The Morgan fingerprint density at radius 1 is 1.33 bits per heavy atom. The number of ether oxygens (including phenoxy) is 1. The van der Waals surface area contributed by atoms with Crippen molar-refractivity contribution in [2.75, 3.05) is 0 Å². The minimum absolute atomic E-state index is 0.183. The fourth-order valence-electron chi connectivity index (χ4n) is 0.701. The van der Waals surface area contributed by atoms with E-state index in [1.54, 1.807) is 0 Å². The van der Waals surface area contributed by atoms with E-state index < -0.39 is 24.1 Å².